The maximum atomic E-state index is 11.7. The van der Waals surface area contributed by atoms with E-state index in [0.29, 0.717) is 12.8 Å². The van der Waals surface area contributed by atoms with Gasteiger partial charge in [-0.05, 0) is 19.3 Å². The summed E-state index contributed by atoms with van der Waals surface area (Å²) >= 11 is 0. The number of carbonyl (C=O) groups is 3. The molecule has 0 aromatic carbocycles. The Morgan fingerprint density at radius 2 is 2.00 bits per heavy atom. The third-order valence-electron chi connectivity index (χ3n) is 4.17. The molecule has 2 bridgehead atoms. The second-order valence-electron chi connectivity index (χ2n) is 4.95. The number of amides is 2. The number of rotatable bonds is 0. The number of cyclic esters (lactones) is 1. The third kappa shape index (κ3) is 1.14. The van der Waals surface area contributed by atoms with Gasteiger partial charge in [0.25, 0.3) is 0 Å². The Morgan fingerprint density at radius 3 is 2.75 bits per heavy atom. The quantitative estimate of drug-likeness (QED) is 0.458. The van der Waals surface area contributed by atoms with Crippen molar-refractivity contribution in [1.29, 1.82) is 0 Å². The summed E-state index contributed by atoms with van der Waals surface area (Å²) in [4.78, 5) is 34.7. The topological polar surface area (TPSA) is 72.5 Å². The Hall–Kier alpha value is -1.39. The van der Waals surface area contributed by atoms with E-state index in [1.165, 1.54) is 0 Å². The van der Waals surface area contributed by atoms with Gasteiger partial charge in [0.2, 0.25) is 11.8 Å². The summed E-state index contributed by atoms with van der Waals surface area (Å²) in [6.45, 7) is 1.85. The normalized spacial score (nSPS) is 46.1. The van der Waals surface area contributed by atoms with E-state index in [1.54, 1.807) is 0 Å². The average molecular weight is 223 g/mol. The average Bonchev–Trinajstić information content (AvgIpc) is 2.52. The summed E-state index contributed by atoms with van der Waals surface area (Å²) in [5, 5.41) is 2.31. The number of ether oxygens (including phenoxy) is 1. The van der Waals surface area contributed by atoms with Gasteiger partial charge in [0.05, 0.1) is 11.8 Å². The van der Waals surface area contributed by atoms with E-state index in [2.05, 4.69) is 5.32 Å². The summed E-state index contributed by atoms with van der Waals surface area (Å²) in [5.74, 6) is -1.31. The van der Waals surface area contributed by atoms with Crippen molar-refractivity contribution in [3.05, 3.63) is 0 Å². The molecule has 5 nitrogen and oxygen atoms in total. The number of carbonyl (C=O) groups excluding carboxylic acids is 3. The van der Waals surface area contributed by atoms with E-state index in [1.807, 2.05) is 6.92 Å². The van der Waals surface area contributed by atoms with Gasteiger partial charge in [0.1, 0.15) is 6.10 Å². The molecule has 3 fully saturated rings. The first-order valence-electron chi connectivity index (χ1n) is 5.62. The van der Waals surface area contributed by atoms with Crippen molar-refractivity contribution in [3.63, 3.8) is 0 Å². The number of imide groups is 1. The van der Waals surface area contributed by atoms with Gasteiger partial charge in [0, 0.05) is 12.3 Å². The number of esters is 1. The summed E-state index contributed by atoms with van der Waals surface area (Å²) in [7, 11) is 0. The number of hydrogen-bond acceptors (Lipinski definition) is 4. The second-order valence-corrected chi connectivity index (χ2v) is 4.95. The Kier molecular flexibility index (Phi) is 1.87. The van der Waals surface area contributed by atoms with Crippen LogP contribution in [0.3, 0.4) is 0 Å². The first kappa shape index (κ1) is 9.81. The summed E-state index contributed by atoms with van der Waals surface area (Å²) in [6, 6.07) is 0. The van der Waals surface area contributed by atoms with E-state index in [9.17, 15) is 14.4 Å². The molecule has 0 spiro atoms. The molecule has 1 aliphatic carbocycles. The molecule has 0 aromatic rings. The maximum absolute atomic E-state index is 11.7. The molecule has 16 heavy (non-hydrogen) atoms. The van der Waals surface area contributed by atoms with Crippen molar-refractivity contribution in [3.8, 4) is 0 Å². The van der Waals surface area contributed by atoms with Crippen LogP contribution in [0.15, 0.2) is 0 Å². The van der Waals surface area contributed by atoms with Gasteiger partial charge in [-0.3, -0.25) is 19.7 Å². The second kappa shape index (κ2) is 3.06. The lowest BCUT2D eigenvalue weighted by atomic mass is 9.80. The van der Waals surface area contributed by atoms with Gasteiger partial charge < -0.3 is 4.74 Å². The molecule has 2 aliphatic heterocycles. The van der Waals surface area contributed by atoms with Crippen LogP contribution >= 0.6 is 0 Å². The van der Waals surface area contributed by atoms with Crippen molar-refractivity contribution >= 4 is 17.8 Å². The highest BCUT2D eigenvalue weighted by atomic mass is 16.5. The van der Waals surface area contributed by atoms with Crippen molar-refractivity contribution in [1.82, 2.24) is 5.32 Å². The number of piperidine rings is 1. The number of hydrogen-bond donors (Lipinski definition) is 1. The number of fused-ring (bicyclic) bond motifs is 5. The molecule has 86 valence electrons. The van der Waals surface area contributed by atoms with Crippen molar-refractivity contribution in [2.75, 3.05) is 0 Å². The zero-order valence-electron chi connectivity index (χ0n) is 8.93. The van der Waals surface area contributed by atoms with Crippen LogP contribution in [-0.2, 0) is 19.1 Å². The monoisotopic (exact) mass is 223 g/mol. The van der Waals surface area contributed by atoms with Crippen LogP contribution in [0.4, 0.5) is 0 Å². The SMILES string of the molecule is CC1OC(=O)C2CC1C1CC(=O)NC(=O)C21. The minimum Gasteiger partial charge on any atom is -0.462 e. The van der Waals surface area contributed by atoms with E-state index < -0.39 is 0 Å². The molecule has 0 radical (unpaired) electrons. The lowest BCUT2D eigenvalue weighted by Gasteiger charge is -2.29. The predicted octanol–water partition coefficient (Wildman–Crippen LogP) is -0.153. The molecule has 5 unspecified atom stereocenters. The Balaban J connectivity index is 1.98. The zero-order chi connectivity index (χ0) is 11.4. The molecular weight excluding hydrogens is 210 g/mol. The molecule has 1 saturated carbocycles. The minimum atomic E-state index is -0.347. The van der Waals surface area contributed by atoms with Gasteiger partial charge in [-0.15, -0.1) is 0 Å². The van der Waals surface area contributed by atoms with Crippen molar-refractivity contribution in [2.45, 2.75) is 25.9 Å². The molecule has 2 amide bonds. The van der Waals surface area contributed by atoms with E-state index in [4.69, 9.17) is 4.74 Å². The number of nitrogens with one attached hydrogen (secondary N) is 1. The van der Waals surface area contributed by atoms with E-state index in [0.717, 1.165) is 0 Å². The molecular formula is C11H13NO4. The van der Waals surface area contributed by atoms with Crippen LogP contribution in [0.2, 0.25) is 0 Å². The molecule has 0 aromatic heterocycles. The van der Waals surface area contributed by atoms with E-state index >= 15 is 0 Å². The molecule has 3 aliphatic rings. The van der Waals surface area contributed by atoms with Crippen molar-refractivity contribution in [2.24, 2.45) is 23.7 Å². The molecule has 5 heteroatoms. The summed E-state index contributed by atoms with van der Waals surface area (Å²) in [5.41, 5.74) is 0. The first-order valence-corrected chi connectivity index (χ1v) is 5.62. The highest BCUT2D eigenvalue weighted by Gasteiger charge is 2.58. The van der Waals surface area contributed by atoms with Gasteiger partial charge in [0.15, 0.2) is 0 Å². The highest BCUT2D eigenvalue weighted by molar-refractivity contribution is 6.01. The van der Waals surface area contributed by atoms with Crippen LogP contribution in [-0.4, -0.2) is 23.9 Å². The van der Waals surface area contributed by atoms with Crippen LogP contribution in [0.5, 0.6) is 0 Å². The van der Waals surface area contributed by atoms with Crippen LogP contribution in [0.1, 0.15) is 19.8 Å². The van der Waals surface area contributed by atoms with E-state index in [-0.39, 0.29) is 47.6 Å². The lowest BCUT2D eigenvalue weighted by Crippen LogP contribution is -2.47. The fraction of sp³-hybridized carbons (Fsp3) is 0.727. The summed E-state index contributed by atoms with van der Waals surface area (Å²) in [6.07, 6.45) is 0.867. The Morgan fingerprint density at radius 1 is 1.25 bits per heavy atom. The van der Waals surface area contributed by atoms with Gasteiger partial charge in [-0.1, -0.05) is 0 Å². The first-order chi connectivity index (χ1) is 7.58. The molecule has 3 rings (SSSR count). The molecule has 1 N–H and O–H groups in total. The highest BCUT2D eigenvalue weighted by Crippen LogP contribution is 2.50. The largest absolute Gasteiger partial charge is 0.462 e. The van der Waals surface area contributed by atoms with Crippen molar-refractivity contribution < 1.29 is 19.1 Å². The van der Waals surface area contributed by atoms with Gasteiger partial charge in [-0.2, -0.15) is 0 Å². The fourth-order valence-electron chi connectivity index (χ4n) is 3.46. The van der Waals surface area contributed by atoms with Crippen LogP contribution in [0, 0.1) is 23.7 Å². The molecule has 2 saturated heterocycles. The zero-order valence-corrected chi connectivity index (χ0v) is 8.93. The van der Waals surface area contributed by atoms with Crippen LogP contribution < -0.4 is 5.32 Å². The maximum Gasteiger partial charge on any atom is 0.310 e. The van der Waals surface area contributed by atoms with Gasteiger partial charge >= 0.3 is 5.97 Å². The molecule has 5 atom stereocenters. The van der Waals surface area contributed by atoms with Gasteiger partial charge in [-0.25, -0.2) is 0 Å². The standard InChI is InChI=1S/C11H13NO4/c1-4-5-2-7(11(15)16-4)9-6(5)3-8(13)12-10(9)14/h4-7,9H,2-3H2,1H3,(H,12,13,14). The fourth-order valence-corrected chi connectivity index (χ4v) is 3.46. The summed E-state index contributed by atoms with van der Waals surface area (Å²) < 4.78 is 5.22. The Bertz CT molecular complexity index is 391. The predicted molar refractivity (Wildman–Crippen MR) is 51.9 cm³/mol. The molecule has 2 heterocycles. The smallest absolute Gasteiger partial charge is 0.310 e. The third-order valence-corrected chi connectivity index (χ3v) is 4.17. The minimum absolute atomic E-state index is 0.00676. The Labute approximate surface area is 92.5 Å². The van der Waals surface area contributed by atoms with Crippen LogP contribution in [0.25, 0.3) is 0 Å². The lowest BCUT2D eigenvalue weighted by molar-refractivity contribution is -0.161.